The molecule has 1 fully saturated rings. The van der Waals surface area contributed by atoms with E-state index in [0.29, 0.717) is 30.6 Å². The highest BCUT2D eigenvalue weighted by Crippen LogP contribution is 2.27. The average Bonchev–Trinajstić information content (AvgIpc) is 2.71. The van der Waals surface area contributed by atoms with Crippen molar-refractivity contribution in [2.75, 3.05) is 33.9 Å². The lowest BCUT2D eigenvalue weighted by Gasteiger charge is -2.50. The molecule has 0 spiro atoms. The molecule has 2 rings (SSSR count). The molecule has 1 aromatic carbocycles. The van der Waals surface area contributed by atoms with Gasteiger partial charge in [-0.3, -0.25) is 14.8 Å². The van der Waals surface area contributed by atoms with Gasteiger partial charge in [0.1, 0.15) is 11.6 Å². The Morgan fingerprint density at radius 2 is 1.93 bits per heavy atom. The Labute approximate surface area is 165 Å². The van der Waals surface area contributed by atoms with Gasteiger partial charge in [0, 0.05) is 37.7 Å². The minimum atomic E-state index is -1.04. The van der Waals surface area contributed by atoms with E-state index in [4.69, 9.17) is 15.1 Å². The largest absolute Gasteiger partial charge is 0.395 e. The third kappa shape index (κ3) is 5.65. The van der Waals surface area contributed by atoms with E-state index in [9.17, 15) is 9.59 Å². The fourth-order valence-corrected chi connectivity index (χ4v) is 2.94. The van der Waals surface area contributed by atoms with Crippen molar-refractivity contribution in [1.29, 1.82) is 0 Å². The molecule has 4 N–H and O–H groups in total. The van der Waals surface area contributed by atoms with Crippen LogP contribution in [0.4, 0.5) is 0 Å². The average molecular weight is 389 g/mol. The van der Waals surface area contributed by atoms with Crippen molar-refractivity contribution in [3.05, 3.63) is 48.6 Å². The quantitative estimate of drug-likeness (QED) is 0.239. The molecule has 8 nitrogen and oxygen atoms in total. The van der Waals surface area contributed by atoms with Gasteiger partial charge in [0.15, 0.2) is 0 Å². The van der Waals surface area contributed by atoms with Crippen LogP contribution in [0.15, 0.2) is 37.4 Å². The minimum Gasteiger partial charge on any atom is -0.395 e. The van der Waals surface area contributed by atoms with Crippen LogP contribution in [0.25, 0.3) is 0 Å². The number of aliphatic hydroxyl groups excluding tert-OH is 1. The number of aliphatic hydroxyl groups is 1. The molecular weight excluding hydrogens is 362 g/mol. The number of hydroxylamine groups is 1. The zero-order valence-corrected chi connectivity index (χ0v) is 16.2. The van der Waals surface area contributed by atoms with E-state index >= 15 is 0 Å². The molecule has 1 aromatic rings. The Hall–Kier alpha value is -2.70. The van der Waals surface area contributed by atoms with E-state index in [1.54, 1.807) is 29.7 Å². The number of likely N-dealkylation sites (N-methyl/N-ethyl adjacent to an activating group) is 1. The second-order valence-electron chi connectivity index (χ2n) is 6.18. The number of likely N-dealkylation sites (tertiary alicyclic amines) is 1. The van der Waals surface area contributed by atoms with Crippen molar-refractivity contribution in [3.63, 3.8) is 0 Å². The van der Waals surface area contributed by atoms with Crippen LogP contribution in [-0.2, 0) is 9.53 Å². The molecule has 0 radical (unpaired) electrons. The summed E-state index contributed by atoms with van der Waals surface area (Å²) >= 11 is 0. The molecule has 0 aliphatic carbocycles. The Morgan fingerprint density at radius 1 is 1.32 bits per heavy atom. The highest BCUT2D eigenvalue weighted by Gasteiger charge is 2.52. The fourth-order valence-electron chi connectivity index (χ4n) is 2.94. The summed E-state index contributed by atoms with van der Waals surface area (Å²) < 4.78 is 5.47. The summed E-state index contributed by atoms with van der Waals surface area (Å²) in [5.74, 6) is 4.48. The lowest BCUT2D eigenvalue weighted by atomic mass is 9.85. The van der Waals surface area contributed by atoms with Crippen molar-refractivity contribution in [2.24, 2.45) is 0 Å². The summed E-state index contributed by atoms with van der Waals surface area (Å²) in [7, 11) is 3.33. The van der Waals surface area contributed by atoms with Crippen LogP contribution < -0.4 is 10.8 Å². The molecule has 28 heavy (non-hydrogen) atoms. The molecule has 8 heteroatoms. The van der Waals surface area contributed by atoms with Gasteiger partial charge in [0.25, 0.3) is 11.8 Å². The first-order chi connectivity index (χ1) is 13.5. The van der Waals surface area contributed by atoms with E-state index in [0.717, 1.165) is 0 Å². The summed E-state index contributed by atoms with van der Waals surface area (Å²) in [6.45, 7) is 6.89. The third-order valence-corrected chi connectivity index (χ3v) is 4.27. The van der Waals surface area contributed by atoms with Crippen LogP contribution in [0, 0.1) is 11.8 Å². The number of hydrogen-bond acceptors (Lipinski definition) is 6. The number of carbonyl (C=O) groups is 2. The number of nitrogens with one attached hydrogen (secondary N) is 2. The van der Waals surface area contributed by atoms with Crippen molar-refractivity contribution < 1.29 is 24.6 Å². The van der Waals surface area contributed by atoms with Crippen LogP contribution in [0.3, 0.4) is 0 Å². The monoisotopic (exact) mass is 389 g/mol. The van der Waals surface area contributed by atoms with Gasteiger partial charge in [0.05, 0.1) is 6.61 Å². The number of hydrogen-bond donors (Lipinski definition) is 4. The van der Waals surface area contributed by atoms with Crippen LogP contribution in [0.2, 0.25) is 0 Å². The van der Waals surface area contributed by atoms with Crippen LogP contribution in [0.1, 0.15) is 22.3 Å². The summed E-state index contributed by atoms with van der Waals surface area (Å²) in [5.41, 5.74) is 1.77. The van der Waals surface area contributed by atoms with Crippen molar-refractivity contribution in [2.45, 2.75) is 18.1 Å². The molecule has 152 valence electrons. The van der Waals surface area contributed by atoms with E-state index in [1.165, 1.54) is 7.11 Å². The van der Waals surface area contributed by atoms with Crippen LogP contribution >= 0.6 is 0 Å². The van der Waals surface area contributed by atoms with Gasteiger partial charge in [0.2, 0.25) is 0 Å². The Bertz CT molecular complexity index is 718. The van der Waals surface area contributed by atoms with E-state index < -0.39 is 23.5 Å². The number of carbonyl (C=O) groups excluding carboxylic acids is 2. The highest BCUT2D eigenvalue weighted by atomic mass is 16.5. The highest BCUT2D eigenvalue weighted by molar-refractivity contribution is 5.98. The summed E-state index contributed by atoms with van der Waals surface area (Å²) in [6, 6.07) is 5.52. The molecule has 1 aliphatic rings. The maximum absolute atomic E-state index is 12.5. The van der Waals surface area contributed by atoms with Gasteiger partial charge >= 0.3 is 0 Å². The molecular formula is C20H27N3O5. The molecule has 0 saturated carbocycles. The molecule has 1 unspecified atom stereocenters. The predicted molar refractivity (Wildman–Crippen MR) is 105 cm³/mol. The fraction of sp³-hybridized carbons (Fsp3) is 0.400. The smallest absolute Gasteiger partial charge is 0.269 e. The zero-order valence-electron chi connectivity index (χ0n) is 16.2. The van der Waals surface area contributed by atoms with Gasteiger partial charge in [-0.15, -0.1) is 13.2 Å². The second kappa shape index (κ2) is 11.2. The topological polar surface area (TPSA) is 111 Å². The number of rotatable bonds is 6. The first-order valence-corrected chi connectivity index (χ1v) is 8.64. The number of nitrogens with zero attached hydrogens (tertiary/aromatic N) is 1. The number of amides is 2. The van der Waals surface area contributed by atoms with Gasteiger partial charge < -0.3 is 20.1 Å². The molecule has 0 bridgehead atoms. The van der Waals surface area contributed by atoms with E-state index in [-0.39, 0.29) is 6.61 Å². The molecule has 2 amide bonds. The van der Waals surface area contributed by atoms with Crippen molar-refractivity contribution in [1.82, 2.24) is 15.7 Å². The van der Waals surface area contributed by atoms with Gasteiger partial charge in [-0.05, 0) is 31.3 Å². The number of ether oxygens (including phenoxy) is 1. The SMILES string of the molecule is C=C.COC1(C(NC(=O)c2ccc(C#CCCO)cc2)C(=O)NO)CN(C)C1. The Balaban J connectivity index is 0.00000190. The second-order valence-corrected chi connectivity index (χ2v) is 6.18. The first-order valence-electron chi connectivity index (χ1n) is 8.64. The van der Waals surface area contributed by atoms with E-state index in [2.05, 4.69) is 30.3 Å². The number of benzene rings is 1. The predicted octanol–water partition coefficient (Wildman–Crippen LogP) is 0.157. The molecule has 1 heterocycles. The van der Waals surface area contributed by atoms with Crippen molar-refractivity contribution >= 4 is 11.8 Å². The Kier molecular flexibility index (Phi) is 9.35. The van der Waals surface area contributed by atoms with Gasteiger partial charge in [-0.2, -0.15) is 0 Å². The van der Waals surface area contributed by atoms with Gasteiger partial charge in [-0.1, -0.05) is 11.8 Å². The van der Waals surface area contributed by atoms with Gasteiger partial charge in [-0.25, -0.2) is 5.48 Å². The summed E-state index contributed by atoms with van der Waals surface area (Å²) in [5, 5.41) is 20.4. The molecule has 1 atom stereocenters. The maximum atomic E-state index is 12.5. The van der Waals surface area contributed by atoms with Crippen LogP contribution in [-0.4, -0.2) is 72.5 Å². The number of methoxy groups -OCH3 is 1. The van der Waals surface area contributed by atoms with Crippen LogP contribution in [0.5, 0.6) is 0 Å². The lowest BCUT2D eigenvalue weighted by molar-refractivity contribution is -0.160. The first kappa shape index (κ1) is 23.3. The minimum absolute atomic E-state index is 0.00175. The third-order valence-electron chi connectivity index (χ3n) is 4.27. The maximum Gasteiger partial charge on any atom is 0.269 e. The normalized spacial score (nSPS) is 15.6. The Morgan fingerprint density at radius 3 is 2.39 bits per heavy atom. The zero-order chi connectivity index (χ0) is 21.2. The molecule has 0 aromatic heterocycles. The molecule has 1 saturated heterocycles. The standard InChI is InChI=1S/C18H23N3O5.C2H4/c1-21-11-18(12-21,26-2)15(17(24)20-25)19-16(23)14-8-6-13(7-9-14)5-3-4-10-22;1-2/h6-9,15,22,25H,4,10-12H2,1-2H3,(H,19,23)(H,20,24);1-2H2. The lowest BCUT2D eigenvalue weighted by Crippen LogP contribution is -2.74. The van der Waals surface area contributed by atoms with Crippen molar-refractivity contribution in [3.8, 4) is 11.8 Å². The summed E-state index contributed by atoms with van der Waals surface area (Å²) in [6.07, 6.45) is 0.383. The van der Waals surface area contributed by atoms with E-state index in [1.807, 2.05) is 11.9 Å². The molecule has 1 aliphatic heterocycles. The summed E-state index contributed by atoms with van der Waals surface area (Å²) in [4.78, 5) is 26.5.